The van der Waals surface area contributed by atoms with Gasteiger partial charge in [0.15, 0.2) is 5.82 Å². The molecule has 2 aromatic rings. The highest BCUT2D eigenvalue weighted by atomic mass is 79.9. The van der Waals surface area contributed by atoms with Crippen LogP contribution in [0.1, 0.15) is 11.4 Å². The number of aliphatic hydroxyl groups excluding tert-OH is 1. The highest BCUT2D eigenvalue weighted by Crippen LogP contribution is 2.25. The molecule has 0 radical (unpaired) electrons. The van der Waals surface area contributed by atoms with E-state index >= 15 is 0 Å². The van der Waals surface area contributed by atoms with Gasteiger partial charge in [-0.2, -0.15) is 0 Å². The number of aromatic nitrogens is 3. The Hall–Kier alpha value is -1.20. The highest BCUT2D eigenvalue weighted by Gasteiger charge is 2.09. The summed E-state index contributed by atoms with van der Waals surface area (Å²) in [6, 6.07) is 5.91. The SMILES string of the molecule is Cc1cccc(-n2cnnc2CO)c1Br. The number of aliphatic hydroxyl groups is 1. The van der Waals surface area contributed by atoms with Crippen LogP contribution in [0.5, 0.6) is 0 Å². The smallest absolute Gasteiger partial charge is 0.163 e. The van der Waals surface area contributed by atoms with E-state index in [4.69, 9.17) is 5.11 Å². The Labute approximate surface area is 95.7 Å². The van der Waals surface area contributed by atoms with Crippen molar-refractivity contribution in [1.29, 1.82) is 0 Å². The molecule has 0 fully saturated rings. The van der Waals surface area contributed by atoms with E-state index in [0.29, 0.717) is 5.82 Å². The molecule has 5 heteroatoms. The Bertz CT molecular complexity index is 481. The van der Waals surface area contributed by atoms with Crippen molar-refractivity contribution in [3.8, 4) is 5.69 Å². The number of benzene rings is 1. The van der Waals surface area contributed by atoms with Crippen molar-refractivity contribution in [3.05, 3.63) is 40.4 Å². The molecule has 0 saturated carbocycles. The zero-order chi connectivity index (χ0) is 10.8. The molecule has 0 aliphatic carbocycles. The van der Waals surface area contributed by atoms with Crippen molar-refractivity contribution in [2.75, 3.05) is 0 Å². The maximum absolute atomic E-state index is 9.09. The fourth-order valence-electron chi connectivity index (χ4n) is 1.39. The van der Waals surface area contributed by atoms with Crippen molar-refractivity contribution >= 4 is 15.9 Å². The molecule has 0 spiro atoms. The monoisotopic (exact) mass is 267 g/mol. The fraction of sp³-hybridized carbons (Fsp3) is 0.200. The van der Waals surface area contributed by atoms with E-state index in [2.05, 4.69) is 26.1 Å². The number of nitrogens with zero attached hydrogens (tertiary/aromatic N) is 3. The Morgan fingerprint density at radius 1 is 1.47 bits per heavy atom. The third kappa shape index (κ3) is 1.80. The average molecular weight is 268 g/mol. The molecule has 15 heavy (non-hydrogen) atoms. The number of halogens is 1. The van der Waals surface area contributed by atoms with E-state index in [-0.39, 0.29) is 6.61 Å². The summed E-state index contributed by atoms with van der Waals surface area (Å²) in [5, 5.41) is 16.7. The normalized spacial score (nSPS) is 10.6. The zero-order valence-electron chi connectivity index (χ0n) is 8.18. The summed E-state index contributed by atoms with van der Waals surface area (Å²) in [6.07, 6.45) is 1.59. The lowest BCUT2D eigenvalue weighted by molar-refractivity contribution is 0.269. The lowest BCUT2D eigenvalue weighted by atomic mass is 10.2. The standard InChI is InChI=1S/C10H10BrN3O/c1-7-3-2-4-8(10(7)11)14-6-12-13-9(14)5-15/h2-4,6,15H,5H2,1H3. The average Bonchev–Trinajstić information content (AvgIpc) is 2.70. The van der Waals surface area contributed by atoms with Gasteiger partial charge in [-0.15, -0.1) is 10.2 Å². The van der Waals surface area contributed by atoms with Crippen LogP contribution in [0.3, 0.4) is 0 Å². The highest BCUT2D eigenvalue weighted by molar-refractivity contribution is 9.10. The van der Waals surface area contributed by atoms with Crippen LogP contribution >= 0.6 is 15.9 Å². The molecule has 0 aliphatic rings. The first-order valence-electron chi connectivity index (χ1n) is 4.49. The lowest BCUT2D eigenvalue weighted by Crippen LogP contribution is -2.01. The molecule has 1 N–H and O–H groups in total. The second-order valence-electron chi connectivity index (χ2n) is 3.18. The Morgan fingerprint density at radius 2 is 2.27 bits per heavy atom. The van der Waals surface area contributed by atoms with Crippen molar-refractivity contribution in [3.63, 3.8) is 0 Å². The molecule has 1 heterocycles. The zero-order valence-corrected chi connectivity index (χ0v) is 9.77. The van der Waals surface area contributed by atoms with E-state index in [1.54, 1.807) is 10.9 Å². The number of hydrogen-bond acceptors (Lipinski definition) is 3. The van der Waals surface area contributed by atoms with Crippen molar-refractivity contribution in [1.82, 2.24) is 14.8 Å². The van der Waals surface area contributed by atoms with E-state index in [0.717, 1.165) is 15.7 Å². The van der Waals surface area contributed by atoms with Gasteiger partial charge in [-0.25, -0.2) is 0 Å². The van der Waals surface area contributed by atoms with Gasteiger partial charge in [-0.1, -0.05) is 12.1 Å². The summed E-state index contributed by atoms with van der Waals surface area (Å²) in [4.78, 5) is 0. The molecule has 0 amide bonds. The first-order chi connectivity index (χ1) is 7.24. The van der Waals surface area contributed by atoms with Gasteiger partial charge < -0.3 is 5.11 Å². The van der Waals surface area contributed by atoms with Gasteiger partial charge in [-0.3, -0.25) is 4.57 Å². The minimum atomic E-state index is -0.125. The number of aryl methyl sites for hydroxylation is 1. The van der Waals surface area contributed by atoms with Gasteiger partial charge in [0.2, 0.25) is 0 Å². The second-order valence-corrected chi connectivity index (χ2v) is 3.98. The number of rotatable bonds is 2. The van der Waals surface area contributed by atoms with E-state index in [9.17, 15) is 0 Å². The summed E-state index contributed by atoms with van der Waals surface area (Å²) >= 11 is 3.51. The summed E-state index contributed by atoms with van der Waals surface area (Å²) in [5.74, 6) is 0.529. The topological polar surface area (TPSA) is 50.9 Å². The van der Waals surface area contributed by atoms with Gasteiger partial charge in [0, 0.05) is 4.47 Å². The van der Waals surface area contributed by atoms with Crippen LogP contribution in [-0.2, 0) is 6.61 Å². The lowest BCUT2D eigenvalue weighted by Gasteiger charge is -2.08. The first kappa shape index (κ1) is 10.3. The van der Waals surface area contributed by atoms with Crippen LogP contribution in [0, 0.1) is 6.92 Å². The Morgan fingerprint density at radius 3 is 3.00 bits per heavy atom. The Balaban J connectivity index is 2.59. The first-order valence-corrected chi connectivity index (χ1v) is 5.28. The molecular formula is C10H10BrN3O. The predicted octanol–water partition coefficient (Wildman–Crippen LogP) is 1.83. The van der Waals surface area contributed by atoms with Crippen molar-refractivity contribution < 1.29 is 5.11 Å². The van der Waals surface area contributed by atoms with Gasteiger partial charge >= 0.3 is 0 Å². The van der Waals surface area contributed by atoms with Crippen LogP contribution in [0.15, 0.2) is 29.0 Å². The maximum atomic E-state index is 9.09. The van der Waals surface area contributed by atoms with Crippen LogP contribution in [0.2, 0.25) is 0 Å². The third-order valence-corrected chi connectivity index (χ3v) is 3.22. The molecule has 0 unspecified atom stereocenters. The van der Waals surface area contributed by atoms with Crippen molar-refractivity contribution in [2.45, 2.75) is 13.5 Å². The molecule has 1 aromatic carbocycles. The summed E-state index contributed by atoms with van der Waals surface area (Å²) < 4.78 is 2.75. The van der Waals surface area contributed by atoms with E-state index in [1.165, 1.54) is 0 Å². The van der Waals surface area contributed by atoms with Crippen LogP contribution < -0.4 is 0 Å². The van der Waals surface area contributed by atoms with Gasteiger partial charge in [0.25, 0.3) is 0 Å². The molecule has 78 valence electrons. The van der Waals surface area contributed by atoms with Gasteiger partial charge in [0.1, 0.15) is 12.9 Å². The molecule has 1 aromatic heterocycles. The van der Waals surface area contributed by atoms with Gasteiger partial charge in [0.05, 0.1) is 5.69 Å². The predicted molar refractivity (Wildman–Crippen MR) is 59.7 cm³/mol. The minimum absolute atomic E-state index is 0.125. The molecule has 0 aliphatic heterocycles. The van der Waals surface area contributed by atoms with E-state index in [1.807, 2.05) is 25.1 Å². The quantitative estimate of drug-likeness (QED) is 0.904. The summed E-state index contributed by atoms with van der Waals surface area (Å²) in [7, 11) is 0. The van der Waals surface area contributed by atoms with Crippen molar-refractivity contribution in [2.24, 2.45) is 0 Å². The molecular weight excluding hydrogens is 258 g/mol. The molecule has 0 bridgehead atoms. The minimum Gasteiger partial charge on any atom is -0.388 e. The second kappa shape index (κ2) is 4.12. The van der Waals surface area contributed by atoms with Crippen LogP contribution in [0.4, 0.5) is 0 Å². The molecule has 0 atom stereocenters. The van der Waals surface area contributed by atoms with E-state index < -0.39 is 0 Å². The largest absolute Gasteiger partial charge is 0.388 e. The summed E-state index contributed by atoms with van der Waals surface area (Å²) in [5.41, 5.74) is 2.06. The van der Waals surface area contributed by atoms with Crippen LogP contribution in [0.25, 0.3) is 5.69 Å². The van der Waals surface area contributed by atoms with Crippen LogP contribution in [-0.4, -0.2) is 19.9 Å². The van der Waals surface area contributed by atoms with Gasteiger partial charge in [-0.05, 0) is 34.5 Å². The number of hydrogen-bond donors (Lipinski definition) is 1. The Kier molecular flexibility index (Phi) is 2.83. The summed E-state index contributed by atoms with van der Waals surface area (Å²) in [6.45, 7) is 1.89. The maximum Gasteiger partial charge on any atom is 0.163 e. The third-order valence-electron chi connectivity index (χ3n) is 2.19. The molecule has 4 nitrogen and oxygen atoms in total. The fourth-order valence-corrected chi connectivity index (χ4v) is 1.84. The molecule has 0 saturated heterocycles. The molecule has 2 rings (SSSR count).